The van der Waals surface area contributed by atoms with Crippen LogP contribution in [0.3, 0.4) is 0 Å². The summed E-state index contributed by atoms with van der Waals surface area (Å²) in [5.74, 6) is -1.15. The number of likely N-dealkylation sites (N-methyl/N-ethyl adjacent to an activating group) is 1. The van der Waals surface area contributed by atoms with Crippen molar-refractivity contribution in [1.29, 1.82) is 0 Å². The standard InChI is InChI=1S/C16H20N8O7S/c1-20(2)15(26)13-12-10(9-7-23(13)16(27)24(9)31-32(28,29)30)11(19-22(12)4)14(25)18-8-5-17-21(3)6-8/h5-6,9,13H,7H2,1-4H3,(H,18,25)(H,28,29,30)/t9?,13-/m0/s1. The number of fused-ring (bicyclic) bond motifs is 4. The van der Waals surface area contributed by atoms with Crippen molar-refractivity contribution in [2.45, 2.75) is 12.1 Å². The van der Waals surface area contributed by atoms with Crippen LogP contribution in [0, 0.1) is 0 Å². The van der Waals surface area contributed by atoms with Gasteiger partial charge >= 0.3 is 16.4 Å². The minimum absolute atomic E-state index is 0.133. The second-order valence-corrected chi connectivity index (χ2v) is 8.55. The van der Waals surface area contributed by atoms with Gasteiger partial charge in [0.05, 0.1) is 24.1 Å². The first-order chi connectivity index (χ1) is 14.9. The molecule has 16 heteroatoms. The topological polar surface area (TPSA) is 172 Å². The number of aryl methyl sites for hydroxylation is 2. The van der Waals surface area contributed by atoms with E-state index in [-0.39, 0.29) is 23.5 Å². The van der Waals surface area contributed by atoms with Gasteiger partial charge in [-0.05, 0) is 0 Å². The van der Waals surface area contributed by atoms with Crippen molar-refractivity contribution in [2.75, 3.05) is 26.0 Å². The van der Waals surface area contributed by atoms with Crippen LogP contribution in [0.1, 0.15) is 33.8 Å². The number of amides is 4. The Morgan fingerprint density at radius 1 is 1.31 bits per heavy atom. The number of urea groups is 1. The molecule has 1 unspecified atom stereocenters. The summed E-state index contributed by atoms with van der Waals surface area (Å²) in [6.45, 7) is -0.162. The molecule has 0 saturated carbocycles. The molecule has 1 fully saturated rings. The lowest BCUT2D eigenvalue weighted by molar-refractivity contribution is -0.134. The summed E-state index contributed by atoms with van der Waals surface area (Å²) < 4.78 is 39.2. The van der Waals surface area contributed by atoms with Crippen molar-refractivity contribution < 1.29 is 31.6 Å². The van der Waals surface area contributed by atoms with Gasteiger partial charge in [0.25, 0.3) is 11.8 Å². The summed E-state index contributed by atoms with van der Waals surface area (Å²) in [7, 11) is 1.09. The Kier molecular flexibility index (Phi) is 4.94. The van der Waals surface area contributed by atoms with Crippen molar-refractivity contribution in [1.82, 2.24) is 34.4 Å². The molecule has 2 aliphatic heterocycles. The van der Waals surface area contributed by atoms with Crippen molar-refractivity contribution in [3.8, 4) is 0 Å². The first-order valence-corrected chi connectivity index (χ1v) is 10.6. The molecule has 1 saturated heterocycles. The van der Waals surface area contributed by atoms with Crippen LogP contribution in [0.2, 0.25) is 0 Å². The van der Waals surface area contributed by atoms with E-state index >= 15 is 0 Å². The van der Waals surface area contributed by atoms with Crippen LogP contribution >= 0.6 is 0 Å². The third kappa shape index (κ3) is 3.47. The molecule has 2 atom stereocenters. The second-order valence-electron chi connectivity index (χ2n) is 7.54. The Hall–Kier alpha value is -3.50. The molecule has 4 rings (SSSR count). The molecule has 2 aromatic rings. The Labute approximate surface area is 182 Å². The first kappa shape index (κ1) is 21.7. The van der Waals surface area contributed by atoms with Gasteiger partial charge in [0, 0.05) is 40.0 Å². The summed E-state index contributed by atoms with van der Waals surface area (Å²) in [6.07, 6.45) is 2.97. The van der Waals surface area contributed by atoms with Gasteiger partial charge in [-0.1, -0.05) is 0 Å². The lowest BCUT2D eigenvalue weighted by Crippen LogP contribution is -2.44. The maximum atomic E-state index is 13.0. The molecule has 32 heavy (non-hydrogen) atoms. The van der Waals surface area contributed by atoms with Crippen LogP contribution < -0.4 is 5.32 Å². The zero-order valence-electron chi connectivity index (χ0n) is 17.5. The average molecular weight is 468 g/mol. The highest BCUT2D eigenvalue weighted by molar-refractivity contribution is 7.80. The normalized spacial score (nSPS) is 19.8. The van der Waals surface area contributed by atoms with E-state index in [1.165, 1.54) is 41.6 Å². The lowest BCUT2D eigenvalue weighted by Gasteiger charge is -2.31. The fraction of sp³-hybridized carbons (Fsp3) is 0.438. The van der Waals surface area contributed by atoms with Gasteiger partial charge in [-0.2, -0.15) is 23.7 Å². The molecule has 0 spiro atoms. The van der Waals surface area contributed by atoms with Gasteiger partial charge in [-0.3, -0.25) is 23.5 Å². The maximum absolute atomic E-state index is 13.0. The highest BCUT2D eigenvalue weighted by Gasteiger charge is 2.55. The van der Waals surface area contributed by atoms with Crippen LogP contribution in [0.4, 0.5) is 10.5 Å². The molecule has 2 bridgehead atoms. The SMILES string of the molecule is CN(C)C(=O)[C@@H]1c2c(c(C(=O)Nc3cnn(C)c3)nn2C)C2CN1C(=O)N2OS(=O)(=O)O. The fourth-order valence-electron chi connectivity index (χ4n) is 3.90. The van der Waals surface area contributed by atoms with E-state index in [0.717, 1.165) is 4.90 Å². The van der Waals surface area contributed by atoms with Gasteiger partial charge in [-0.15, -0.1) is 4.28 Å². The quantitative estimate of drug-likeness (QED) is 0.525. The second kappa shape index (κ2) is 7.28. The number of nitrogens with one attached hydrogen (secondary N) is 1. The molecule has 4 amide bonds. The molecule has 0 aromatic carbocycles. The maximum Gasteiger partial charge on any atom is 0.418 e. The van der Waals surface area contributed by atoms with Gasteiger partial charge in [0.15, 0.2) is 11.7 Å². The zero-order valence-corrected chi connectivity index (χ0v) is 18.3. The molecule has 15 nitrogen and oxygen atoms in total. The monoisotopic (exact) mass is 468 g/mol. The fourth-order valence-corrected chi connectivity index (χ4v) is 4.27. The Morgan fingerprint density at radius 2 is 2.00 bits per heavy atom. The number of carbonyl (C=O) groups is 3. The van der Waals surface area contributed by atoms with Crippen LogP contribution in [-0.4, -0.2) is 85.9 Å². The molecule has 2 aliphatic rings. The summed E-state index contributed by atoms with van der Waals surface area (Å²) in [4.78, 5) is 41.2. The van der Waals surface area contributed by atoms with Crippen molar-refractivity contribution in [2.24, 2.45) is 14.1 Å². The van der Waals surface area contributed by atoms with E-state index in [9.17, 15) is 22.8 Å². The largest absolute Gasteiger partial charge is 0.418 e. The lowest BCUT2D eigenvalue weighted by atomic mass is 9.94. The van der Waals surface area contributed by atoms with Crippen LogP contribution in [0.15, 0.2) is 12.4 Å². The van der Waals surface area contributed by atoms with E-state index in [0.29, 0.717) is 10.8 Å². The van der Waals surface area contributed by atoms with E-state index < -0.39 is 40.3 Å². The van der Waals surface area contributed by atoms with Gasteiger partial charge < -0.3 is 15.1 Å². The van der Waals surface area contributed by atoms with Crippen molar-refractivity contribution in [3.05, 3.63) is 29.3 Å². The molecule has 4 heterocycles. The Balaban J connectivity index is 1.84. The van der Waals surface area contributed by atoms with Crippen molar-refractivity contribution in [3.63, 3.8) is 0 Å². The molecule has 2 aromatic heterocycles. The van der Waals surface area contributed by atoms with E-state index in [2.05, 4.69) is 19.8 Å². The number of rotatable bonds is 5. The number of nitrogens with zero attached hydrogens (tertiary/aromatic N) is 7. The predicted octanol–water partition coefficient (Wildman–Crippen LogP) is -0.938. The molecular weight excluding hydrogens is 448 g/mol. The number of hydrogen-bond acceptors (Lipinski definition) is 8. The molecule has 0 aliphatic carbocycles. The van der Waals surface area contributed by atoms with E-state index in [1.807, 2.05) is 0 Å². The average Bonchev–Trinajstić information content (AvgIpc) is 3.33. The number of anilines is 1. The van der Waals surface area contributed by atoms with Crippen LogP contribution in [0.25, 0.3) is 0 Å². The molecule has 0 radical (unpaired) electrons. The van der Waals surface area contributed by atoms with Crippen LogP contribution in [0.5, 0.6) is 0 Å². The highest BCUT2D eigenvalue weighted by atomic mass is 32.3. The zero-order chi connectivity index (χ0) is 23.5. The minimum Gasteiger partial charge on any atom is -0.347 e. The number of hydrogen-bond donors (Lipinski definition) is 2. The number of hydroxylamine groups is 2. The first-order valence-electron chi connectivity index (χ1n) is 9.24. The third-order valence-corrected chi connectivity index (χ3v) is 5.50. The summed E-state index contributed by atoms with van der Waals surface area (Å²) >= 11 is 0. The highest BCUT2D eigenvalue weighted by Crippen LogP contribution is 2.46. The van der Waals surface area contributed by atoms with Crippen LogP contribution in [-0.2, 0) is 33.6 Å². The van der Waals surface area contributed by atoms with Gasteiger partial charge in [0.2, 0.25) is 0 Å². The van der Waals surface area contributed by atoms with Crippen molar-refractivity contribution >= 4 is 33.9 Å². The van der Waals surface area contributed by atoms with E-state index in [4.69, 9.17) is 4.55 Å². The summed E-state index contributed by atoms with van der Waals surface area (Å²) in [5.41, 5.74) is 0.612. The molecular formula is C16H20N8O7S. The van der Waals surface area contributed by atoms with Gasteiger partial charge in [0.1, 0.15) is 6.04 Å². The number of carbonyl (C=O) groups excluding carboxylic acids is 3. The predicted molar refractivity (Wildman–Crippen MR) is 105 cm³/mol. The molecule has 2 N–H and O–H groups in total. The van der Waals surface area contributed by atoms with Gasteiger partial charge in [-0.25, -0.2) is 4.79 Å². The number of aromatic nitrogens is 4. The van der Waals surface area contributed by atoms with E-state index in [1.54, 1.807) is 13.2 Å². The smallest absolute Gasteiger partial charge is 0.347 e. The summed E-state index contributed by atoms with van der Waals surface area (Å²) in [6, 6.07) is -3.26. The Bertz CT molecular complexity index is 1230. The Morgan fingerprint density at radius 3 is 2.56 bits per heavy atom. The third-order valence-electron chi connectivity index (χ3n) is 5.15. The molecule has 172 valence electrons. The summed E-state index contributed by atoms with van der Waals surface area (Å²) in [5, 5.41) is 11.3. The minimum atomic E-state index is -5.06.